The van der Waals surface area contributed by atoms with Gasteiger partial charge in [0.1, 0.15) is 5.69 Å². The molecule has 21 heavy (non-hydrogen) atoms. The quantitative estimate of drug-likeness (QED) is 0.666. The minimum Gasteiger partial charge on any atom is -0.481 e. The molecule has 4 nitrogen and oxygen atoms in total. The number of halogens is 4. The van der Waals surface area contributed by atoms with Crippen LogP contribution in [0.4, 0.5) is 23.2 Å². The number of carboxylic acids is 1. The Labute approximate surface area is 116 Å². The second-order valence-corrected chi connectivity index (χ2v) is 5.45. The van der Waals surface area contributed by atoms with E-state index in [4.69, 9.17) is 5.11 Å². The zero-order valence-electron chi connectivity index (χ0n) is 11.0. The zero-order valence-corrected chi connectivity index (χ0v) is 11.0. The molecule has 114 valence electrons. The van der Waals surface area contributed by atoms with E-state index < -0.39 is 58.1 Å². The maximum atomic E-state index is 13.4. The highest BCUT2D eigenvalue weighted by molar-refractivity contribution is 5.99. The number of aliphatic carboxylic acids is 1. The van der Waals surface area contributed by atoms with Crippen LogP contribution in [0.5, 0.6) is 0 Å². The van der Waals surface area contributed by atoms with Crippen LogP contribution in [-0.4, -0.2) is 17.0 Å². The number of anilines is 1. The molecule has 1 saturated carbocycles. The van der Waals surface area contributed by atoms with E-state index in [1.165, 1.54) is 13.8 Å². The van der Waals surface area contributed by atoms with Crippen molar-refractivity contribution in [2.24, 2.45) is 17.3 Å². The van der Waals surface area contributed by atoms with Gasteiger partial charge in [-0.25, -0.2) is 17.6 Å². The highest BCUT2D eigenvalue weighted by Gasteiger charge is 2.66. The smallest absolute Gasteiger partial charge is 0.307 e. The summed E-state index contributed by atoms with van der Waals surface area (Å²) in [6.45, 7) is 2.99. The Bertz CT molecular complexity index is 619. The van der Waals surface area contributed by atoms with Gasteiger partial charge in [0, 0.05) is 6.07 Å². The van der Waals surface area contributed by atoms with Crippen molar-refractivity contribution < 1.29 is 32.3 Å². The van der Waals surface area contributed by atoms with Crippen molar-refractivity contribution in [2.45, 2.75) is 13.8 Å². The third-order valence-corrected chi connectivity index (χ3v) is 3.74. The Balaban J connectivity index is 2.29. The highest BCUT2D eigenvalue weighted by Crippen LogP contribution is 2.58. The summed E-state index contributed by atoms with van der Waals surface area (Å²) in [5.74, 6) is -11.1. The first-order valence-electron chi connectivity index (χ1n) is 5.95. The molecule has 2 atom stereocenters. The van der Waals surface area contributed by atoms with E-state index in [2.05, 4.69) is 0 Å². The average molecular weight is 305 g/mol. The van der Waals surface area contributed by atoms with Crippen molar-refractivity contribution in [3.8, 4) is 0 Å². The Morgan fingerprint density at radius 3 is 1.95 bits per heavy atom. The van der Waals surface area contributed by atoms with Crippen LogP contribution >= 0.6 is 0 Å². The Kier molecular flexibility index (Phi) is 3.43. The minimum absolute atomic E-state index is 0.0153. The van der Waals surface area contributed by atoms with Crippen molar-refractivity contribution in [3.05, 3.63) is 29.3 Å². The maximum absolute atomic E-state index is 13.4. The lowest BCUT2D eigenvalue weighted by Crippen LogP contribution is -2.20. The summed E-state index contributed by atoms with van der Waals surface area (Å²) in [5.41, 5.74) is -2.17. The maximum Gasteiger partial charge on any atom is 0.307 e. The van der Waals surface area contributed by atoms with E-state index >= 15 is 0 Å². The third-order valence-electron chi connectivity index (χ3n) is 3.74. The fourth-order valence-electron chi connectivity index (χ4n) is 2.47. The molecule has 2 rings (SSSR count). The largest absolute Gasteiger partial charge is 0.481 e. The summed E-state index contributed by atoms with van der Waals surface area (Å²) in [5, 5.41) is 10.7. The number of carbonyl (C=O) groups excluding carboxylic acids is 1. The van der Waals surface area contributed by atoms with E-state index in [0.717, 1.165) is 0 Å². The van der Waals surface area contributed by atoms with Crippen LogP contribution in [0.3, 0.4) is 0 Å². The number of benzene rings is 1. The molecular formula is C13H11F4NO3. The van der Waals surface area contributed by atoms with Crippen LogP contribution in [0.15, 0.2) is 6.07 Å². The van der Waals surface area contributed by atoms with Crippen LogP contribution in [-0.2, 0) is 9.59 Å². The number of carbonyl (C=O) groups is 2. The lowest BCUT2D eigenvalue weighted by Gasteiger charge is -2.09. The van der Waals surface area contributed by atoms with Gasteiger partial charge in [0.05, 0.1) is 11.8 Å². The number of amides is 1. The molecule has 0 saturated heterocycles. The number of rotatable bonds is 3. The van der Waals surface area contributed by atoms with Crippen molar-refractivity contribution in [3.63, 3.8) is 0 Å². The predicted molar refractivity (Wildman–Crippen MR) is 63.3 cm³/mol. The first-order chi connectivity index (χ1) is 9.59. The van der Waals surface area contributed by atoms with Crippen LogP contribution in [0.2, 0.25) is 0 Å². The van der Waals surface area contributed by atoms with Crippen LogP contribution in [0, 0.1) is 40.5 Å². The molecule has 8 heteroatoms. The molecule has 2 N–H and O–H groups in total. The molecule has 0 heterocycles. The van der Waals surface area contributed by atoms with E-state index in [1.54, 1.807) is 5.32 Å². The van der Waals surface area contributed by atoms with Gasteiger partial charge in [0.2, 0.25) is 5.91 Å². The number of hydrogen-bond donors (Lipinski definition) is 2. The van der Waals surface area contributed by atoms with Gasteiger partial charge in [0.15, 0.2) is 23.3 Å². The fraction of sp³-hybridized carbons (Fsp3) is 0.385. The number of nitrogens with one attached hydrogen (secondary N) is 1. The summed E-state index contributed by atoms with van der Waals surface area (Å²) >= 11 is 0. The molecular weight excluding hydrogens is 294 g/mol. The van der Waals surface area contributed by atoms with Crippen molar-refractivity contribution in [2.75, 3.05) is 5.32 Å². The molecule has 1 aromatic carbocycles. The highest BCUT2D eigenvalue weighted by atomic mass is 19.2. The number of carboxylic acid groups (broad SMARTS) is 1. The third kappa shape index (κ3) is 2.34. The molecule has 0 aliphatic heterocycles. The summed E-state index contributed by atoms with van der Waals surface area (Å²) in [6.07, 6.45) is 0. The molecule has 0 radical (unpaired) electrons. The molecule has 1 aliphatic rings. The zero-order chi connectivity index (χ0) is 16.1. The fourth-order valence-corrected chi connectivity index (χ4v) is 2.47. The van der Waals surface area contributed by atoms with Crippen molar-refractivity contribution >= 4 is 17.6 Å². The number of hydrogen-bond acceptors (Lipinski definition) is 2. The molecule has 1 amide bonds. The van der Waals surface area contributed by atoms with E-state index in [0.29, 0.717) is 0 Å². The Morgan fingerprint density at radius 2 is 1.57 bits per heavy atom. The van der Waals surface area contributed by atoms with E-state index in [-0.39, 0.29) is 6.07 Å². The monoisotopic (exact) mass is 305 g/mol. The summed E-state index contributed by atoms with van der Waals surface area (Å²) in [6, 6.07) is 0.0153. The Hall–Kier alpha value is -2.12. The van der Waals surface area contributed by atoms with Crippen LogP contribution in [0.25, 0.3) is 0 Å². The lowest BCUT2D eigenvalue weighted by atomic mass is 10.1. The molecule has 1 fully saturated rings. The van der Waals surface area contributed by atoms with Gasteiger partial charge in [-0.05, 0) is 5.41 Å². The second-order valence-electron chi connectivity index (χ2n) is 5.45. The van der Waals surface area contributed by atoms with Gasteiger partial charge in [0.25, 0.3) is 0 Å². The topological polar surface area (TPSA) is 66.4 Å². The van der Waals surface area contributed by atoms with Crippen molar-refractivity contribution in [1.29, 1.82) is 0 Å². The minimum atomic E-state index is -1.74. The van der Waals surface area contributed by atoms with Gasteiger partial charge in [-0.3, -0.25) is 9.59 Å². The predicted octanol–water partition coefficient (Wildman–Crippen LogP) is 2.54. The first-order valence-corrected chi connectivity index (χ1v) is 5.95. The SMILES string of the molecule is CC1(C)[C@H](C(=O)O)[C@@H]1C(=O)Nc1c(F)c(F)cc(F)c1F. The van der Waals surface area contributed by atoms with Gasteiger partial charge >= 0.3 is 5.97 Å². The van der Waals surface area contributed by atoms with Crippen LogP contribution in [0.1, 0.15) is 13.8 Å². The molecule has 0 spiro atoms. The second kappa shape index (κ2) is 4.71. The molecule has 0 aromatic heterocycles. The van der Waals surface area contributed by atoms with Gasteiger partial charge in [-0.1, -0.05) is 13.8 Å². The van der Waals surface area contributed by atoms with Gasteiger partial charge in [-0.2, -0.15) is 0 Å². The Morgan fingerprint density at radius 1 is 1.10 bits per heavy atom. The van der Waals surface area contributed by atoms with Crippen molar-refractivity contribution in [1.82, 2.24) is 0 Å². The first kappa shape index (κ1) is 15.3. The summed E-state index contributed by atoms with van der Waals surface area (Å²) in [4.78, 5) is 22.8. The van der Waals surface area contributed by atoms with Gasteiger partial charge in [-0.15, -0.1) is 0 Å². The lowest BCUT2D eigenvalue weighted by molar-refractivity contribution is -0.140. The molecule has 0 unspecified atom stereocenters. The standard InChI is InChI=1S/C13H11F4NO3/c1-13(2)6(7(13)12(20)21)11(19)18-10-8(16)4(14)3-5(15)9(10)17/h3,6-7H,1-2H3,(H,18,19)(H,20,21)/t6-,7+/m1/s1. The van der Waals surface area contributed by atoms with E-state index in [9.17, 15) is 27.2 Å². The van der Waals surface area contributed by atoms with Crippen LogP contribution < -0.4 is 5.32 Å². The molecule has 1 aliphatic carbocycles. The molecule has 0 bridgehead atoms. The molecule has 1 aromatic rings. The normalized spacial score (nSPS) is 22.8. The summed E-state index contributed by atoms with van der Waals surface area (Å²) < 4.78 is 52.9. The van der Waals surface area contributed by atoms with Gasteiger partial charge < -0.3 is 10.4 Å². The summed E-state index contributed by atoms with van der Waals surface area (Å²) in [7, 11) is 0. The van der Waals surface area contributed by atoms with E-state index in [1.807, 2.05) is 0 Å². The average Bonchev–Trinajstić information content (AvgIpc) is 2.95.